The molecule has 1 rings (SSSR count). The first-order valence-corrected chi connectivity index (χ1v) is 5.88. The van der Waals surface area contributed by atoms with Gasteiger partial charge in [-0.05, 0) is 18.6 Å². The molecular weight excluding hydrogens is 256 g/mol. The van der Waals surface area contributed by atoms with Crippen LogP contribution in [0.5, 0.6) is 0 Å². The first kappa shape index (κ1) is 12.0. The van der Waals surface area contributed by atoms with Crippen LogP contribution in [0.15, 0.2) is 35.9 Å². The molecule has 0 spiro atoms. The number of carbonyl (C=O) groups is 1. The summed E-state index contributed by atoms with van der Waals surface area (Å²) in [5.41, 5.74) is 1.63. The fourth-order valence-electron chi connectivity index (χ4n) is 1.13. The largest absolute Gasteiger partial charge is 0.463 e. The number of hydrogen-bond acceptors (Lipinski definition) is 2. The molecule has 0 saturated heterocycles. The molecule has 1 aromatic carbocycles. The van der Waals surface area contributed by atoms with Crippen molar-refractivity contribution in [1.29, 1.82) is 0 Å². The average molecular weight is 269 g/mol. The number of hydrogen-bond donors (Lipinski definition) is 0. The summed E-state index contributed by atoms with van der Waals surface area (Å²) in [5, 5.41) is 0.501. The van der Waals surface area contributed by atoms with Gasteiger partial charge < -0.3 is 4.74 Å². The van der Waals surface area contributed by atoms with E-state index in [1.165, 1.54) is 0 Å². The zero-order valence-corrected chi connectivity index (χ0v) is 10.2. The Morgan fingerprint density at radius 3 is 2.60 bits per heavy atom. The minimum Gasteiger partial charge on any atom is -0.463 e. The van der Waals surface area contributed by atoms with Crippen LogP contribution in [-0.2, 0) is 9.53 Å². The molecule has 0 radical (unpaired) electrons. The van der Waals surface area contributed by atoms with Crippen molar-refractivity contribution in [3.63, 3.8) is 0 Å². The van der Waals surface area contributed by atoms with Crippen LogP contribution in [0.2, 0.25) is 0 Å². The summed E-state index contributed by atoms with van der Waals surface area (Å²) in [5.74, 6) is -0.266. The van der Waals surface area contributed by atoms with Crippen LogP contribution in [0, 0.1) is 0 Å². The van der Waals surface area contributed by atoms with Crippen molar-refractivity contribution in [1.82, 2.24) is 0 Å². The fourth-order valence-corrected chi connectivity index (χ4v) is 1.52. The molecule has 0 aliphatic heterocycles. The van der Waals surface area contributed by atoms with E-state index in [1.54, 1.807) is 6.92 Å². The van der Waals surface area contributed by atoms with Crippen LogP contribution < -0.4 is 0 Å². The summed E-state index contributed by atoms with van der Waals surface area (Å²) >= 11 is 3.27. The molecule has 3 heteroatoms. The number of rotatable bonds is 4. The van der Waals surface area contributed by atoms with Gasteiger partial charge in [-0.2, -0.15) is 0 Å². The van der Waals surface area contributed by atoms with Gasteiger partial charge in [-0.15, -0.1) is 0 Å². The molecular formula is C12H13BrO2. The average Bonchev–Trinajstić information content (AvgIpc) is 2.27. The van der Waals surface area contributed by atoms with Crippen LogP contribution in [0.4, 0.5) is 0 Å². The van der Waals surface area contributed by atoms with E-state index < -0.39 is 0 Å². The lowest BCUT2D eigenvalue weighted by molar-refractivity contribution is -0.138. The smallest absolute Gasteiger partial charge is 0.334 e. The van der Waals surface area contributed by atoms with Crippen LogP contribution in [0.1, 0.15) is 12.5 Å². The molecule has 0 atom stereocenters. The number of carbonyl (C=O) groups excluding carboxylic acids is 1. The van der Waals surface area contributed by atoms with Crippen LogP contribution in [0.3, 0.4) is 0 Å². The van der Waals surface area contributed by atoms with Gasteiger partial charge in [0.1, 0.15) is 0 Å². The van der Waals surface area contributed by atoms with E-state index in [4.69, 9.17) is 4.74 Å². The number of benzene rings is 1. The zero-order valence-electron chi connectivity index (χ0n) is 8.57. The van der Waals surface area contributed by atoms with Crippen molar-refractivity contribution in [2.75, 3.05) is 11.9 Å². The van der Waals surface area contributed by atoms with Gasteiger partial charge in [-0.1, -0.05) is 46.3 Å². The minimum absolute atomic E-state index is 0.266. The Morgan fingerprint density at radius 1 is 1.40 bits per heavy atom. The van der Waals surface area contributed by atoms with Gasteiger partial charge in [-0.3, -0.25) is 0 Å². The SMILES string of the molecule is CCOC(=O)/C(=C/c1ccccc1)CBr. The van der Waals surface area contributed by atoms with E-state index in [0.717, 1.165) is 5.56 Å². The molecule has 0 saturated carbocycles. The highest BCUT2D eigenvalue weighted by Crippen LogP contribution is 2.10. The van der Waals surface area contributed by atoms with E-state index in [2.05, 4.69) is 15.9 Å². The van der Waals surface area contributed by atoms with Crippen LogP contribution >= 0.6 is 15.9 Å². The second kappa shape index (κ2) is 6.40. The lowest BCUT2D eigenvalue weighted by atomic mass is 10.1. The van der Waals surface area contributed by atoms with Gasteiger partial charge in [-0.25, -0.2) is 4.79 Å². The lowest BCUT2D eigenvalue weighted by Gasteiger charge is -2.03. The number of ether oxygens (including phenoxy) is 1. The summed E-state index contributed by atoms with van der Waals surface area (Å²) in [6.07, 6.45) is 1.83. The van der Waals surface area contributed by atoms with Gasteiger partial charge in [0.15, 0.2) is 0 Å². The monoisotopic (exact) mass is 268 g/mol. The maximum atomic E-state index is 11.5. The molecule has 0 unspecified atom stereocenters. The highest BCUT2D eigenvalue weighted by atomic mass is 79.9. The van der Waals surface area contributed by atoms with E-state index in [-0.39, 0.29) is 5.97 Å². The molecule has 0 aliphatic rings. The van der Waals surface area contributed by atoms with Crippen molar-refractivity contribution in [2.45, 2.75) is 6.92 Å². The molecule has 0 aliphatic carbocycles. The molecule has 0 amide bonds. The summed E-state index contributed by atoms with van der Waals surface area (Å²) in [7, 11) is 0. The summed E-state index contributed by atoms with van der Waals surface area (Å²) in [4.78, 5) is 11.5. The molecule has 0 bridgehead atoms. The molecule has 2 nitrogen and oxygen atoms in total. The van der Waals surface area contributed by atoms with Gasteiger partial charge in [0.05, 0.1) is 6.61 Å². The molecule has 15 heavy (non-hydrogen) atoms. The van der Waals surface area contributed by atoms with E-state index >= 15 is 0 Å². The summed E-state index contributed by atoms with van der Waals surface area (Å²) in [6.45, 7) is 2.20. The van der Waals surface area contributed by atoms with Gasteiger partial charge >= 0.3 is 5.97 Å². The quantitative estimate of drug-likeness (QED) is 0.477. The molecule has 0 fully saturated rings. The Morgan fingerprint density at radius 2 is 2.07 bits per heavy atom. The molecule has 0 aromatic heterocycles. The van der Waals surface area contributed by atoms with E-state index in [0.29, 0.717) is 17.5 Å². The van der Waals surface area contributed by atoms with E-state index in [1.807, 2.05) is 36.4 Å². The standard InChI is InChI=1S/C12H13BrO2/c1-2-15-12(14)11(9-13)8-10-6-4-3-5-7-10/h3-8H,2,9H2,1H3/b11-8+. The molecule has 1 aromatic rings. The Hall–Kier alpha value is -1.09. The van der Waals surface area contributed by atoms with Crippen molar-refractivity contribution < 1.29 is 9.53 Å². The minimum atomic E-state index is -0.266. The first-order chi connectivity index (χ1) is 7.27. The topological polar surface area (TPSA) is 26.3 Å². The second-order valence-corrected chi connectivity index (χ2v) is 3.50. The Kier molecular flexibility index (Phi) is 5.12. The maximum Gasteiger partial charge on any atom is 0.334 e. The van der Waals surface area contributed by atoms with Crippen LogP contribution in [-0.4, -0.2) is 17.9 Å². The molecule has 80 valence electrons. The summed E-state index contributed by atoms with van der Waals surface area (Å²) in [6, 6.07) is 9.70. The first-order valence-electron chi connectivity index (χ1n) is 4.76. The normalized spacial score (nSPS) is 11.2. The predicted octanol–water partition coefficient (Wildman–Crippen LogP) is 3.03. The third-order valence-electron chi connectivity index (χ3n) is 1.82. The van der Waals surface area contributed by atoms with Crippen molar-refractivity contribution in [3.8, 4) is 0 Å². The Labute approximate surface area is 98.1 Å². The number of esters is 1. The van der Waals surface area contributed by atoms with Crippen LogP contribution in [0.25, 0.3) is 6.08 Å². The second-order valence-electron chi connectivity index (χ2n) is 2.93. The summed E-state index contributed by atoms with van der Waals surface area (Å²) < 4.78 is 4.93. The zero-order chi connectivity index (χ0) is 11.1. The van der Waals surface area contributed by atoms with E-state index in [9.17, 15) is 4.79 Å². The molecule has 0 N–H and O–H groups in total. The van der Waals surface area contributed by atoms with Gasteiger partial charge in [0, 0.05) is 10.9 Å². The van der Waals surface area contributed by atoms with Gasteiger partial charge in [0.25, 0.3) is 0 Å². The van der Waals surface area contributed by atoms with Crippen molar-refractivity contribution in [2.24, 2.45) is 0 Å². The van der Waals surface area contributed by atoms with Crippen molar-refractivity contribution in [3.05, 3.63) is 41.5 Å². The van der Waals surface area contributed by atoms with Crippen molar-refractivity contribution >= 4 is 28.0 Å². The highest BCUT2D eigenvalue weighted by Gasteiger charge is 2.08. The molecule has 0 heterocycles. The van der Waals surface area contributed by atoms with Gasteiger partial charge in [0.2, 0.25) is 0 Å². The maximum absolute atomic E-state index is 11.5. The predicted molar refractivity (Wildman–Crippen MR) is 64.8 cm³/mol. The Bertz CT molecular complexity index is 344. The fraction of sp³-hybridized carbons (Fsp3) is 0.250. The Balaban J connectivity index is 2.83. The highest BCUT2D eigenvalue weighted by molar-refractivity contribution is 9.09. The number of halogens is 1. The third-order valence-corrected chi connectivity index (χ3v) is 2.43. The lowest BCUT2D eigenvalue weighted by Crippen LogP contribution is -2.08. The third kappa shape index (κ3) is 3.88. The number of alkyl halides is 1.